The van der Waals surface area contributed by atoms with Gasteiger partial charge in [-0.2, -0.15) is 0 Å². The van der Waals surface area contributed by atoms with Crippen LogP contribution in [0.15, 0.2) is 18.2 Å². The average molecular weight is 230 g/mol. The van der Waals surface area contributed by atoms with Gasteiger partial charge in [0.25, 0.3) is 5.44 Å². The lowest BCUT2D eigenvalue weighted by atomic mass is 10.1. The summed E-state index contributed by atoms with van der Waals surface area (Å²) in [6.07, 6.45) is 1.17. The van der Waals surface area contributed by atoms with E-state index in [-0.39, 0.29) is 5.82 Å². The molecule has 82 valence electrons. The van der Waals surface area contributed by atoms with Crippen molar-refractivity contribution in [2.75, 3.05) is 5.94 Å². The third-order valence-electron chi connectivity index (χ3n) is 2.35. The largest absolute Gasteiger partial charge is 0.612 e. The number of ether oxygens (including phenoxy) is 1. The highest BCUT2D eigenvalue weighted by Gasteiger charge is 2.28. The maximum absolute atomic E-state index is 12.9. The van der Waals surface area contributed by atoms with Crippen LogP contribution in [-0.2, 0) is 17.6 Å². The second-order valence-corrected chi connectivity index (χ2v) is 4.89. The zero-order valence-corrected chi connectivity index (χ0v) is 8.80. The van der Waals surface area contributed by atoms with Gasteiger partial charge in [0.2, 0.25) is 5.94 Å². The highest BCUT2D eigenvalue weighted by Crippen LogP contribution is 2.29. The molecule has 5 heteroatoms. The molecule has 0 bridgehead atoms. The van der Waals surface area contributed by atoms with E-state index in [2.05, 4.69) is 0 Å². The number of aryl methyl sites for hydroxylation is 1. The van der Waals surface area contributed by atoms with Crippen LogP contribution in [0.25, 0.3) is 0 Å². The first-order valence-electron chi connectivity index (χ1n) is 4.64. The fourth-order valence-corrected chi connectivity index (χ4v) is 2.36. The Morgan fingerprint density at radius 3 is 3.13 bits per heavy atom. The third kappa shape index (κ3) is 2.25. The van der Waals surface area contributed by atoms with Crippen molar-refractivity contribution in [3.8, 4) is 5.75 Å². The van der Waals surface area contributed by atoms with Gasteiger partial charge in [0.05, 0.1) is 0 Å². The molecule has 0 radical (unpaired) electrons. The number of hydrogen-bond donors (Lipinski definition) is 1. The maximum atomic E-state index is 12.9. The molecular weight excluding hydrogens is 219 g/mol. The minimum absolute atomic E-state index is 0.293. The van der Waals surface area contributed by atoms with Crippen molar-refractivity contribution in [2.45, 2.75) is 18.3 Å². The second kappa shape index (κ2) is 4.38. The number of rotatable bonds is 2. The molecule has 1 heterocycles. The van der Waals surface area contributed by atoms with Crippen molar-refractivity contribution in [2.24, 2.45) is 0 Å². The highest BCUT2D eigenvalue weighted by molar-refractivity contribution is 7.91. The molecule has 1 aliphatic rings. The molecule has 1 aromatic carbocycles. The zero-order chi connectivity index (χ0) is 10.8. The Labute approximate surface area is 90.1 Å². The Hall–Kier alpha value is -0.780. The first-order chi connectivity index (χ1) is 7.20. The van der Waals surface area contributed by atoms with E-state index < -0.39 is 22.6 Å². The number of aliphatic hydroxyl groups is 1. The lowest BCUT2D eigenvalue weighted by Gasteiger charge is -2.26. The molecule has 1 aliphatic heterocycles. The van der Waals surface area contributed by atoms with Gasteiger partial charge in [-0.05, 0) is 30.2 Å². The van der Waals surface area contributed by atoms with Crippen molar-refractivity contribution in [3.05, 3.63) is 29.6 Å². The van der Waals surface area contributed by atoms with Crippen LogP contribution in [0.2, 0.25) is 0 Å². The number of aliphatic hydroxyl groups excluding tert-OH is 1. The van der Waals surface area contributed by atoms with Gasteiger partial charge in [-0.1, -0.05) is 0 Å². The Balaban J connectivity index is 2.16. The Kier molecular flexibility index (Phi) is 3.14. The van der Waals surface area contributed by atoms with E-state index in [9.17, 15) is 8.94 Å². The summed E-state index contributed by atoms with van der Waals surface area (Å²) in [4.78, 5) is 0. The lowest BCUT2D eigenvalue weighted by Crippen LogP contribution is -2.33. The predicted octanol–water partition coefficient (Wildman–Crippen LogP) is 1.18. The van der Waals surface area contributed by atoms with E-state index in [1.165, 1.54) is 18.2 Å². The highest BCUT2D eigenvalue weighted by atomic mass is 32.2. The fourth-order valence-electron chi connectivity index (χ4n) is 1.60. The smallest absolute Gasteiger partial charge is 0.256 e. The molecule has 0 unspecified atom stereocenters. The summed E-state index contributed by atoms with van der Waals surface area (Å²) in [5.74, 6) is -0.130. The van der Waals surface area contributed by atoms with E-state index in [4.69, 9.17) is 9.84 Å². The SMILES string of the molecule is [O-][S@@+](CO)[C@H]1CCc2cc(F)ccc2O1. The quantitative estimate of drug-likeness (QED) is 0.776. The summed E-state index contributed by atoms with van der Waals surface area (Å²) >= 11 is -1.39. The summed E-state index contributed by atoms with van der Waals surface area (Å²) in [5.41, 5.74) is 0.314. The third-order valence-corrected chi connectivity index (χ3v) is 3.52. The number of benzene rings is 1. The summed E-state index contributed by atoms with van der Waals surface area (Å²) in [6, 6.07) is 4.27. The molecule has 1 aromatic rings. The minimum Gasteiger partial charge on any atom is -0.612 e. The Bertz CT molecular complexity index is 359. The molecule has 0 amide bonds. The lowest BCUT2D eigenvalue weighted by molar-refractivity contribution is 0.234. The molecule has 0 saturated carbocycles. The molecule has 3 nitrogen and oxygen atoms in total. The van der Waals surface area contributed by atoms with Gasteiger partial charge < -0.3 is 14.4 Å². The number of fused-ring (bicyclic) bond motifs is 1. The van der Waals surface area contributed by atoms with Gasteiger partial charge in [0, 0.05) is 17.6 Å². The molecular formula is C10H11FO3S. The van der Waals surface area contributed by atoms with E-state index in [0.29, 0.717) is 18.6 Å². The van der Waals surface area contributed by atoms with Crippen LogP contribution in [0.1, 0.15) is 12.0 Å². The summed E-state index contributed by atoms with van der Waals surface area (Å²) in [7, 11) is 0. The van der Waals surface area contributed by atoms with Crippen molar-refractivity contribution in [3.63, 3.8) is 0 Å². The van der Waals surface area contributed by atoms with E-state index in [1.54, 1.807) is 0 Å². The average Bonchev–Trinajstić information content (AvgIpc) is 2.27. The van der Waals surface area contributed by atoms with Gasteiger partial charge in [-0.15, -0.1) is 0 Å². The van der Waals surface area contributed by atoms with Crippen LogP contribution in [0.3, 0.4) is 0 Å². The van der Waals surface area contributed by atoms with Gasteiger partial charge in [0.1, 0.15) is 11.6 Å². The van der Waals surface area contributed by atoms with E-state index >= 15 is 0 Å². The normalized spacial score (nSPS) is 21.7. The number of halogens is 1. The predicted molar refractivity (Wildman–Crippen MR) is 54.4 cm³/mol. The Morgan fingerprint density at radius 2 is 2.40 bits per heavy atom. The second-order valence-electron chi connectivity index (χ2n) is 3.35. The van der Waals surface area contributed by atoms with Crippen LogP contribution in [0.5, 0.6) is 5.75 Å². The van der Waals surface area contributed by atoms with Crippen LogP contribution in [0.4, 0.5) is 4.39 Å². The topological polar surface area (TPSA) is 52.5 Å². The number of hydrogen-bond acceptors (Lipinski definition) is 3. The fraction of sp³-hybridized carbons (Fsp3) is 0.400. The standard InChI is InChI=1S/C10H11FO3S/c11-8-2-3-9-7(5-8)1-4-10(14-9)15(13)6-12/h2-3,5,10,12H,1,4,6H2/t10-,15-/m0/s1. The molecule has 0 aliphatic carbocycles. The Morgan fingerprint density at radius 1 is 1.60 bits per heavy atom. The van der Waals surface area contributed by atoms with Crippen molar-refractivity contribution >= 4 is 11.2 Å². The summed E-state index contributed by atoms with van der Waals surface area (Å²) in [5, 5.41) is 8.74. The van der Waals surface area contributed by atoms with Crippen molar-refractivity contribution in [1.82, 2.24) is 0 Å². The first-order valence-corrected chi connectivity index (χ1v) is 6.02. The van der Waals surface area contributed by atoms with Crippen LogP contribution in [-0.4, -0.2) is 21.0 Å². The molecule has 0 aromatic heterocycles. The van der Waals surface area contributed by atoms with Gasteiger partial charge >= 0.3 is 0 Å². The zero-order valence-electron chi connectivity index (χ0n) is 7.98. The molecule has 0 fully saturated rings. The maximum Gasteiger partial charge on any atom is 0.256 e. The van der Waals surface area contributed by atoms with Crippen LogP contribution in [0, 0.1) is 5.82 Å². The molecule has 0 saturated heterocycles. The molecule has 0 spiro atoms. The van der Waals surface area contributed by atoms with Gasteiger partial charge in [-0.3, -0.25) is 0 Å². The molecule has 2 atom stereocenters. The monoisotopic (exact) mass is 230 g/mol. The summed E-state index contributed by atoms with van der Waals surface area (Å²) in [6.45, 7) is 0. The van der Waals surface area contributed by atoms with Crippen molar-refractivity contribution in [1.29, 1.82) is 0 Å². The van der Waals surface area contributed by atoms with E-state index in [1.807, 2.05) is 0 Å². The van der Waals surface area contributed by atoms with Crippen LogP contribution < -0.4 is 4.74 Å². The van der Waals surface area contributed by atoms with Crippen LogP contribution >= 0.6 is 0 Å². The molecule has 15 heavy (non-hydrogen) atoms. The van der Waals surface area contributed by atoms with Crippen molar-refractivity contribution < 1.29 is 18.8 Å². The minimum atomic E-state index is -1.39. The first kappa shape index (κ1) is 10.7. The molecule has 1 N–H and O–H groups in total. The van der Waals surface area contributed by atoms with Gasteiger partial charge in [-0.25, -0.2) is 4.39 Å². The summed E-state index contributed by atoms with van der Waals surface area (Å²) < 4.78 is 29.6. The van der Waals surface area contributed by atoms with E-state index in [0.717, 1.165) is 5.56 Å². The molecule has 2 rings (SSSR count). The van der Waals surface area contributed by atoms with Gasteiger partial charge in [0.15, 0.2) is 0 Å².